The van der Waals surface area contributed by atoms with Gasteiger partial charge in [-0.15, -0.1) is 0 Å². The van der Waals surface area contributed by atoms with E-state index in [1.54, 1.807) is 49.4 Å². The number of furan rings is 1. The molecule has 0 aliphatic carbocycles. The van der Waals surface area contributed by atoms with Crippen LogP contribution in [-0.4, -0.2) is 13.4 Å². The Morgan fingerprint density at radius 3 is 2.38 bits per heavy atom. The minimum absolute atomic E-state index is 0.0184. The SMILES string of the molecule is Cc1oc(-c2ccco2)nc1CN(c1ccccc1)S(=O)(=O)c1ccc(F)cc1. The first-order valence-corrected chi connectivity index (χ1v) is 10.2. The number of para-hydroxylation sites is 1. The lowest BCUT2D eigenvalue weighted by Gasteiger charge is -2.24. The van der Waals surface area contributed by atoms with E-state index >= 15 is 0 Å². The number of benzene rings is 2. The van der Waals surface area contributed by atoms with Gasteiger partial charge in [-0.05, 0) is 55.5 Å². The van der Waals surface area contributed by atoms with Crippen LogP contribution in [0.3, 0.4) is 0 Å². The molecule has 0 fully saturated rings. The highest BCUT2D eigenvalue weighted by Crippen LogP contribution is 2.28. The molecule has 0 saturated carbocycles. The second-order valence-corrected chi connectivity index (χ2v) is 8.16. The first-order chi connectivity index (χ1) is 13.9. The number of nitrogens with zero attached hydrogens (tertiary/aromatic N) is 2. The van der Waals surface area contributed by atoms with Crippen LogP contribution in [0.15, 0.2) is 86.7 Å². The fourth-order valence-corrected chi connectivity index (χ4v) is 4.29. The van der Waals surface area contributed by atoms with E-state index in [1.807, 2.05) is 0 Å². The Bertz CT molecular complexity index is 1200. The van der Waals surface area contributed by atoms with Crippen LogP contribution in [-0.2, 0) is 16.6 Å². The summed E-state index contributed by atoms with van der Waals surface area (Å²) in [6.07, 6.45) is 1.50. The molecule has 8 heteroatoms. The van der Waals surface area contributed by atoms with Crippen molar-refractivity contribution in [2.24, 2.45) is 0 Å². The van der Waals surface area contributed by atoms with Crippen molar-refractivity contribution >= 4 is 15.7 Å². The second-order valence-electron chi connectivity index (χ2n) is 6.30. The molecule has 148 valence electrons. The molecule has 2 aromatic heterocycles. The number of oxazole rings is 1. The molecule has 0 saturated heterocycles. The molecule has 0 spiro atoms. The number of aromatic nitrogens is 1. The van der Waals surface area contributed by atoms with E-state index in [2.05, 4.69) is 4.98 Å². The van der Waals surface area contributed by atoms with Crippen molar-refractivity contribution in [3.8, 4) is 11.7 Å². The van der Waals surface area contributed by atoms with Gasteiger partial charge in [-0.3, -0.25) is 4.31 Å². The van der Waals surface area contributed by atoms with Gasteiger partial charge in [0, 0.05) is 0 Å². The summed E-state index contributed by atoms with van der Waals surface area (Å²) >= 11 is 0. The summed E-state index contributed by atoms with van der Waals surface area (Å²) in [6.45, 7) is 1.65. The predicted octanol–water partition coefficient (Wildman–Crippen LogP) is 4.78. The average Bonchev–Trinajstić information content (AvgIpc) is 3.37. The fraction of sp³-hybridized carbons (Fsp3) is 0.0952. The first kappa shape index (κ1) is 18.9. The third kappa shape index (κ3) is 3.79. The molecule has 4 aromatic rings. The van der Waals surface area contributed by atoms with Gasteiger partial charge in [0.05, 0.1) is 23.4 Å². The summed E-state index contributed by atoms with van der Waals surface area (Å²) in [4.78, 5) is 4.39. The third-order valence-corrected chi connectivity index (χ3v) is 6.15. The number of aryl methyl sites for hydroxylation is 1. The normalized spacial score (nSPS) is 11.5. The van der Waals surface area contributed by atoms with Crippen LogP contribution in [0.5, 0.6) is 0 Å². The van der Waals surface area contributed by atoms with Crippen molar-refractivity contribution in [3.63, 3.8) is 0 Å². The number of halogens is 1. The highest BCUT2D eigenvalue weighted by Gasteiger charge is 2.27. The number of anilines is 1. The van der Waals surface area contributed by atoms with E-state index in [0.717, 1.165) is 12.1 Å². The highest BCUT2D eigenvalue weighted by molar-refractivity contribution is 7.92. The Hall–Kier alpha value is -3.39. The molecule has 0 amide bonds. The Balaban J connectivity index is 1.76. The van der Waals surface area contributed by atoms with Gasteiger partial charge in [-0.1, -0.05) is 18.2 Å². The molecule has 0 radical (unpaired) electrons. The van der Waals surface area contributed by atoms with E-state index in [4.69, 9.17) is 8.83 Å². The molecule has 0 N–H and O–H groups in total. The molecule has 0 atom stereocenters. The van der Waals surface area contributed by atoms with Crippen molar-refractivity contribution in [2.75, 3.05) is 4.31 Å². The standard InChI is InChI=1S/C21H17FN2O4S/c1-15-19(23-21(28-15)20-8-5-13-27-20)14-24(17-6-3-2-4-7-17)29(25,26)18-11-9-16(22)10-12-18/h2-13H,14H2,1H3. The maximum absolute atomic E-state index is 13.3. The molecule has 0 bridgehead atoms. The molecular formula is C21H17FN2O4S. The minimum Gasteiger partial charge on any atom is -0.459 e. The number of rotatable bonds is 6. The Labute approximate surface area is 167 Å². The van der Waals surface area contributed by atoms with Crippen LogP contribution in [0, 0.1) is 12.7 Å². The van der Waals surface area contributed by atoms with Crippen LogP contribution < -0.4 is 4.31 Å². The van der Waals surface area contributed by atoms with Crippen molar-refractivity contribution < 1.29 is 21.6 Å². The molecule has 0 aliphatic heterocycles. The van der Waals surface area contributed by atoms with Gasteiger partial charge in [0.2, 0.25) is 0 Å². The van der Waals surface area contributed by atoms with Crippen LogP contribution in [0.4, 0.5) is 10.1 Å². The van der Waals surface area contributed by atoms with Crippen molar-refractivity contribution in [2.45, 2.75) is 18.4 Å². The summed E-state index contributed by atoms with van der Waals surface area (Å²) in [5.74, 6) is 0.693. The molecule has 0 unspecified atom stereocenters. The summed E-state index contributed by atoms with van der Waals surface area (Å²) in [6, 6.07) is 16.8. The zero-order valence-electron chi connectivity index (χ0n) is 15.4. The lowest BCUT2D eigenvalue weighted by Crippen LogP contribution is -2.31. The third-order valence-electron chi connectivity index (χ3n) is 4.36. The Morgan fingerprint density at radius 2 is 1.72 bits per heavy atom. The van der Waals surface area contributed by atoms with Crippen LogP contribution in [0.1, 0.15) is 11.5 Å². The smallest absolute Gasteiger partial charge is 0.264 e. The van der Waals surface area contributed by atoms with E-state index in [-0.39, 0.29) is 17.3 Å². The molecule has 6 nitrogen and oxygen atoms in total. The predicted molar refractivity (Wildman–Crippen MR) is 105 cm³/mol. The Kier molecular flexibility index (Phi) is 4.94. The van der Waals surface area contributed by atoms with Gasteiger partial charge in [0.15, 0.2) is 5.76 Å². The topological polar surface area (TPSA) is 76.6 Å². The highest BCUT2D eigenvalue weighted by atomic mass is 32.2. The van der Waals surface area contributed by atoms with E-state index in [1.165, 1.54) is 22.7 Å². The zero-order valence-corrected chi connectivity index (χ0v) is 16.3. The molecule has 0 aliphatic rings. The summed E-state index contributed by atoms with van der Waals surface area (Å²) in [7, 11) is -3.97. The first-order valence-electron chi connectivity index (χ1n) is 8.79. The molecular weight excluding hydrogens is 395 g/mol. The van der Waals surface area contributed by atoms with E-state index in [9.17, 15) is 12.8 Å². The molecule has 4 rings (SSSR count). The van der Waals surface area contributed by atoms with E-state index in [0.29, 0.717) is 22.9 Å². The van der Waals surface area contributed by atoms with Gasteiger partial charge >= 0.3 is 0 Å². The number of hydrogen-bond donors (Lipinski definition) is 0. The second kappa shape index (κ2) is 7.56. The quantitative estimate of drug-likeness (QED) is 0.456. The zero-order chi connectivity index (χ0) is 20.4. The monoisotopic (exact) mass is 412 g/mol. The van der Waals surface area contributed by atoms with Gasteiger partial charge in [-0.25, -0.2) is 17.8 Å². The van der Waals surface area contributed by atoms with Gasteiger partial charge in [-0.2, -0.15) is 0 Å². The van der Waals surface area contributed by atoms with Crippen molar-refractivity contribution in [3.05, 3.63) is 90.3 Å². The summed E-state index contributed by atoms with van der Waals surface area (Å²) < 4.78 is 52.1. The van der Waals surface area contributed by atoms with Gasteiger partial charge in [0.25, 0.3) is 15.9 Å². The van der Waals surface area contributed by atoms with Crippen LogP contribution in [0.25, 0.3) is 11.7 Å². The lowest BCUT2D eigenvalue weighted by atomic mass is 10.3. The maximum Gasteiger partial charge on any atom is 0.264 e. The lowest BCUT2D eigenvalue weighted by molar-refractivity contribution is 0.499. The summed E-state index contributed by atoms with van der Waals surface area (Å²) in [5.41, 5.74) is 0.907. The number of hydrogen-bond acceptors (Lipinski definition) is 5. The van der Waals surface area contributed by atoms with Gasteiger partial charge < -0.3 is 8.83 Å². The largest absolute Gasteiger partial charge is 0.459 e. The average molecular weight is 412 g/mol. The van der Waals surface area contributed by atoms with Crippen LogP contribution >= 0.6 is 0 Å². The Morgan fingerprint density at radius 1 is 1.00 bits per heavy atom. The fourth-order valence-electron chi connectivity index (χ4n) is 2.86. The maximum atomic E-state index is 13.3. The van der Waals surface area contributed by atoms with Crippen molar-refractivity contribution in [1.82, 2.24) is 4.98 Å². The van der Waals surface area contributed by atoms with E-state index < -0.39 is 15.8 Å². The van der Waals surface area contributed by atoms with Crippen LogP contribution in [0.2, 0.25) is 0 Å². The van der Waals surface area contributed by atoms with Crippen molar-refractivity contribution in [1.29, 1.82) is 0 Å². The minimum atomic E-state index is -3.97. The van der Waals surface area contributed by atoms with Gasteiger partial charge in [0.1, 0.15) is 17.3 Å². The molecule has 2 heterocycles. The summed E-state index contributed by atoms with van der Waals surface area (Å²) in [5, 5.41) is 0. The molecule has 2 aromatic carbocycles. The number of sulfonamides is 1. The molecule has 29 heavy (non-hydrogen) atoms.